The molecule has 0 unspecified atom stereocenters. The summed E-state index contributed by atoms with van der Waals surface area (Å²) in [6.45, 7) is 0.199. The van der Waals surface area contributed by atoms with Gasteiger partial charge in [-0.25, -0.2) is 0 Å². The minimum Gasteiger partial charge on any atom is -0.353 e. The van der Waals surface area contributed by atoms with Gasteiger partial charge in [0.25, 0.3) is 5.56 Å². The average molecular weight is 289 g/mol. The lowest BCUT2D eigenvalue weighted by molar-refractivity contribution is 1.03. The van der Waals surface area contributed by atoms with Gasteiger partial charge in [0.2, 0.25) is 0 Å². The quantitative estimate of drug-likeness (QED) is 0.530. The molecular weight excluding hydrogens is 274 g/mol. The molecule has 0 aliphatic rings. The summed E-state index contributed by atoms with van der Waals surface area (Å²) in [6, 6.07) is 17.8. The average Bonchev–Trinajstić information content (AvgIpc) is 2.92. The Morgan fingerprint density at radius 2 is 1.59 bits per heavy atom. The van der Waals surface area contributed by atoms with Crippen molar-refractivity contribution in [3.8, 4) is 11.1 Å². The van der Waals surface area contributed by atoms with Gasteiger partial charge < -0.3 is 15.7 Å². The summed E-state index contributed by atoms with van der Waals surface area (Å²) in [5, 5.41) is 1.01. The van der Waals surface area contributed by atoms with Gasteiger partial charge in [-0.1, -0.05) is 48.5 Å². The van der Waals surface area contributed by atoms with Crippen LogP contribution in [0.4, 0.5) is 0 Å². The van der Waals surface area contributed by atoms with Crippen LogP contribution in [0, 0.1) is 0 Å². The van der Waals surface area contributed by atoms with Gasteiger partial charge in [0.05, 0.1) is 11.0 Å². The van der Waals surface area contributed by atoms with E-state index < -0.39 is 0 Å². The van der Waals surface area contributed by atoms with Crippen LogP contribution in [0.3, 0.4) is 0 Å². The van der Waals surface area contributed by atoms with Crippen LogP contribution in [0.2, 0.25) is 0 Å². The van der Waals surface area contributed by atoms with E-state index in [0.717, 1.165) is 33.1 Å². The molecule has 4 aromatic rings. The summed E-state index contributed by atoms with van der Waals surface area (Å²) in [5.74, 6) is 0. The molecule has 2 aromatic heterocycles. The van der Waals surface area contributed by atoms with Crippen LogP contribution in [-0.2, 0) is 6.54 Å². The number of hydrogen-bond acceptors (Lipinski definition) is 2. The number of pyridine rings is 1. The number of fused-ring (bicyclic) bond motifs is 3. The van der Waals surface area contributed by atoms with Gasteiger partial charge in [0, 0.05) is 28.6 Å². The standard InChI is InChI=1S/C18H15N3O/c19-10-13-15(11-6-2-1-3-7-11)17-16(21-18(13)22)12-8-4-5-9-14(12)20-17/h1-9,20H,10,19H2,(H,21,22). The van der Waals surface area contributed by atoms with Gasteiger partial charge in [-0.15, -0.1) is 0 Å². The van der Waals surface area contributed by atoms with Gasteiger partial charge in [0.1, 0.15) is 0 Å². The summed E-state index contributed by atoms with van der Waals surface area (Å²) in [7, 11) is 0. The van der Waals surface area contributed by atoms with Crippen molar-refractivity contribution in [1.29, 1.82) is 0 Å². The number of hydrogen-bond donors (Lipinski definition) is 3. The number of rotatable bonds is 2. The number of aromatic nitrogens is 2. The van der Waals surface area contributed by atoms with Crippen molar-refractivity contribution in [2.24, 2.45) is 5.73 Å². The Bertz CT molecular complexity index is 1030. The second kappa shape index (κ2) is 4.86. The zero-order valence-corrected chi connectivity index (χ0v) is 11.9. The van der Waals surface area contributed by atoms with Crippen LogP contribution in [0.1, 0.15) is 5.56 Å². The molecule has 4 N–H and O–H groups in total. The third-order valence-corrected chi connectivity index (χ3v) is 4.04. The third-order valence-electron chi connectivity index (χ3n) is 4.04. The molecule has 0 radical (unpaired) electrons. The first kappa shape index (κ1) is 12.9. The second-order valence-corrected chi connectivity index (χ2v) is 5.30. The number of benzene rings is 2. The number of nitrogens with one attached hydrogen (secondary N) is 2. The van der Waals surface area contributed by atoms with Gasteiger partial charge in [-0.3, -0.25) is 4.79 Å². The SMILES string of the molecule is NCc1c(-c2ccccc2)c2[nH]c3ccccc3c2[nH]c1=O. The summed E-state index contributed by atoms with van der Waals surface area (Å²) in [4.78, 5) is 18.8. The molecule has 2 aromatic carbocycles. The van der Waals surface area contributed by atoms with Crippen molar-refractivity contribution in [1.82, 2.24) is 9.97 Å². The van der Waals surface area contributed by atoms with Gasteiger partial charge in [-0.05, 0) is 11.6 Å². The van der Waals surface area contributed by atoms with E-state index >= 15 is 0 Å². The molecule has 22 heavy (non-hydrogen) atoms. The smallest absolute Gasteiger partial charge is 0.253 e. The van der Waals surface area contributed by atoms with Crippen LogP contribution in [0.15, 0.2) is 59.4 Å². The number of aromatic amines is 2. The minimum atomic E-state index is -0.126. The summed E-state index contributed by atoms with van der Waals surface area (Å²) >= 11 is 0. The van der Waals surface area contributed by atoms with E-state index in [0.29, 0.717) is 5.56 Å². The molecule has 4 nitrogen and oxygen atoms in total. The number of nitrogens with two attached hydrogens (primary N) is 1. The first-order chi connectivity index (χ1) is 10.8. The molecule has 0 bridgehead atoms. The van der Waals surface area contributed by atoms with Crippen molar-refractivity contribution < 1.29 is 0 Å². The predicted octanol–water partition coefficient (Wildman–Crippen LogP) is 3.14. The van der Waals surface area contributed by atoms with Gasteiger partial charge >= 0.3 is 0 Å². The van der Waals surface area contributed by atoms with E-state index in [1.807, 2.05) is 54.6 Å². The highest BCUT2D eigenvalue weighted by Gasteiger charge is 2.16. The van der Waals surface area contributed by atoms with E-state index in [9.17, 15) is 4.79 Å². The maximum Gasteiger partial charge on any atom is 0.253 e. The molecule has 0 atom stereocenters. The van der Waals surface area contributed by atoms with E-state index in [2.05, 4.69) is 9.97 Å². The van der Waals surface area contributed by atoms with Crippen LogP contribution in [0.5, 0.6) is 0 Å². The molecule has 4 heteroatoms. The maximum atomic E-state index is 12.5. The highest BCUT2D eigenvalue weighted by Crippen LogP contribution is 2.32. The summed E-state index contributed by atoms with van der Waals surface area (Å²) in [5.41, 5.74) is 10.9. The Balaban J connectivity index is 2.23. The largest absolute Gasteiger partial charge is 0.353 e. The Labute approximate surface area is 126 Å². The van der Waals surface area contributed by atoms with Crippen molar-refractivity contribution in [2.75, 3.05) is 0 Å². The van der Waals surface area contributed by atoms with E-state index in [1.165, 1.54) is 0 Å². The van der Waals surface area contributed by atoms with E-state index in [1.54, 1.807) is 0 Å². The van der Waals surface area contributed by atoms with Crippen LogP contribution < -0.4 is 11.3 Å². The zero-order chi connectivity index (χ0) is 15.1. The molecule has 0 spiro atoms. The molecular formula is C18H15N3O. The first-order valence-electron chi connectivity index (χ1n) is 7.20. The third kappa shape index (κ3) is 1.78. The highest BCUT2D eigenvalue weighted by atomic mass is 16.1. The van der Waals surface area contributed by atoms with Gasteiger partial charge in [0.15, 0.2) is 0 Å². The summed E-state index contributed by atoms with van der Waals surface area (Å²) < 4.78 is 0. The van der Waals surface area contributed by atoms with Crippen molar-refractivity contribution >= 4 is 21.9 Å². The Morgan fingerprint density at radius 1 is 0.864 bits per heavy atom. The lowest BCUT2D eigenvalue weighted by Crippen LogP contribution is -2.17. The van der Waals surface area contributed by atoms with Gasteiger partial charge in [-0.2, -0.15) is 0 Å². The predicted molar refractivity (Wildman–Crippen MR) is 89.8 cm³/mol. The Hall–Kier alpha value is -2.85. The van der Waals surface area contributed by atoms with Crippen molar-refractivity contribution in [3.63, 3.8) is 0 Å². The normalized spacial score (nSPS) is 11.3. The van der Waals surface area contributed by atoms with E-state index in [4.69, 9.17) is 5.73 Å². The molecule has 0 aliphatic heterocycles. The molecule has 4 rings (SSSR count). The first-order valence-corrected chi connectivity index (χ1v) is 7.20. The molecule has 2 heterocycles. The minimum absolute atomic E-state index is 0.126. The number of para-hydroxylation sites is 1. The monoisotopic (exact) mass is 289 g/mol. The second-order valence-electron chi connectivity index (χ2n) is 5.30. The molecule has 0 saturated heterocycles. The fourth-order valence-electron chi connectivity index (χ4n) is 3.03. The zero-order valence-electron chi connectivity index (χ0n) is 11.9. The fraction of sp³-hybridized carbons (Fsp3) is 0.0556. The van der Waals surface area contributed by atoms with E-state index in [-0.39, 0.29) is 12.1 Å². The molecule has 0 amide bonds. The van der Waals surface area contributed by atoms with Crippen LogP contribution in [0.25, 0.3) is 33.1 Å². The lowest BCUT2D eigenvalue weighted by Gasteiger charge is -2.09. The van der Waals surface area contributed by atoms with Crippen molar-refractivity contribution in [3.05, 3.63) is 70.5 Å². The lowest BCUT2D eigenvalue weighted by atomic mass is 9.99. The summed E-state index contributed by atoms with van der Waals surface area (Å²) in [6.07, 6.45) is 0. The van der Waals surface area contributed by atoms with Crippen LogP contribution >= 0.6 is 0 Å². The number of H-pyrrole nitrogens is 2. The molecule has 0 saturated carbocycles. The van der Waals surface area contributed by atoms with Crippen LogP contribution in [-0.4, -0.2) is 9.97 Å². The molecule has 0 fully saturated rings. The fourth-order valence-corrected chi connectivity index (χ4v) is 3.03. The highest BCUT2D eigenvalue weighted by molar-refractivity contribution is 6.10. The topological polar surface area (TPSA) is 74.7 Å². The molecule has 0 aliphatic carbocycles. The maximum absolute atomic E-state index is 12.5. The molecule has 108 valence electrons. The Morgan fingerprint density at radius 3 is 2.36 bits per heavy atom. The Kier molecular flexibility index (Phi) is 2.84. The van der Waals surface area contributed by atoms with Crippen molar-refractivity contribution in [2.45, 2.75) is 6.54 Å².